The average Bonchev–Trinajstić information content (AvgIpc) is 3.13. The Labute approximate surface area is 309 Å². The van der Waals surface area contributed by atoms with Gasteiger partial charge in [0.05, 0.1) is 18.2 Å². The number of fused-ring (bicyclic) bond motifs is 2. The van der Waals surface area contributed by atoms with Gasteiger partial charge in [0.2, 0.25) is 5.79 Å². The van der Waals surface area contributed by atoms with E-state index in [4.69, 9.17) is 24.2 Å². The van der Waals surface area contributed by atoms with E-state index in [-0.39, 0.29) is 56.4 Å². The highest BCUT2D eigenvalue weighted by atomic mass is 16.7. The first kappa shape index (κ1) is 39.3. The number of unbranched alkanes of at least 4 members (excludes halogenated alkanes) is 2. The van der Waals surface area contributed by atoms with Crippen molar-refractivity contribution in [1.29, 1.82) is 0 Å². The lowest BCUT2D eigenvalue weighted by Gasteiger charge is -2.60. The van der Waals surface area contributed by atoms with Gasteiger partial charge in [-0.2, -0.15) is 0 Å². The number of phenols is 1. The van der Waals surface area contributed by atoms with E-state index in [1.165, 1.54) is 0 Å². The first-order valence-corrected chi connectivity index (χ1v) is 19.0. The maximum absolute atomic E-state index is 14.3. The maximum atomic E-state index is 14.3. The predicted octanol–water partition coefficient (Wildman–Crippen LogP) is 7.87. The average molecular weight is 719 g/mol. The number of ether oxygens (including phenoxy) is 3. The molecular formula is C42H58N2O8. The number of phenolic OH excluding ortho intramolecular Hbond substituents is 1. The second-order valence-electron chi connectivity index (χ2n) is 15.2. The molecule has 3 N–H and O–H groups in total. The molecule has 0 radical (unpaired) electrons. The summed E-state index contributed by atoms with van der Waals surface area (Å²) in [5, 5.41) is 35.3. The number of allylic oxidation sites excluding steroid dienone is 1. The van der Waals surface area contributed by atoms with Gasteiger partial charge in [-0.15, -0.1) is 6.58 Å². The van der Waals surface area contributed by atoms with Crippen LogP contribution >= 0.6 is 0 Å². The smallest absolute Gasteiger partial charge is 0.410 e. The van der Waals surface area contributed by atoms with Crippen molar-refractivity contribution in [1.82, 2.24) is 4.90 Å². The van der Waals surface area contributed by atoms with Gasteiger partial charge in [0, 0.05) is 37.7 Å². The van der Waals surface area contributed by atoms with Gasteiger partial charge in [-0.1, -0.05) is 67.4 Å². The van der Waals surface area contributed by atoms with Crippen molar-refractivity contribution < 1.29 is 39.2 Å². The van der Waals surface area contributed by atoms with Crippen LogP contribution in [0.25, 0.3) is 0 Å². The summed E-state index contributed by atoms with van der Waals surface area (Å²) in [6.07, 6.45) is 9.15. The van der Waals surface area contributed by atoms with Crippen LogP contribution in [0, 0.1) is 17.8 Å². The quantitative estimate of drug-likeness (QED) is 0.0856. The molecule has 2 aromatic carbocycles. The minimum absolute atomic E-state index is 0.0725. The Kier molecular flexibility index (Phi) is 13.5. The molecule has 52 heavy (non-hydrogen) atoms. The summed E-state index contributed by atoms with van der Waals surface area (Å²) >= 11 is 0. The van der Waals surface area contributed by atoms with E-state index in [0.717, 1.165) is 48.1 Å². The molecule has 2 aromatic rings. The van der Waals surface area contributed by atoms with Gasteiger partial charge >= 0.3 is 6.09 Å². The Morgan fingerprint density at radius 1 is 1.08 bits per heavy atom. The molecule has 6 atom stereocenters. The molecule has 0 spiro atoms. The van der Waals surface area contributed by atoms with Crippen molar-refractivity contribution in [3.05, 3.63) is 84.0 Å². The minimum atomic E-state index is -1.37. The van der Waals surface area contributed by atoms with E-state index in [1.54, 1.807) is 29.2 Å². The number of aliphatic hydroxyl groups is 2. The molecule has 0 bridgehead atoms. The van der Waals surface area contributed by atoms with Gasteiger partial charge in [0.15, 0.2) is 0 Å². The highest BCUT2D eigenvalue weighted by Crippen LogP contribution is 2.62. The zero-order valence-electron chi connectivity index (χ0n) is 31.3. The summed E-state index contributed by atoms with van der Waals surface area (Å²) in [6.45, 7) is 12.8. The number of amides is 1. The van der Waals surface area contributed by atoms with Crippen LogP contribution in [0.3, 0.4) is 0 Å². The number of aliphatic hydroxyl groups excluding tert-OH is 2. The third-order valence-electron chi connectivity index (χ3n) is 10.4. The maximum Gasteiger partial charge on any atom is 0.410 e. The summed E-state index contributed by atoms with van der Waals surface area (Å²) in [6, 6.07) is 14.2. The van der Waals surface area contributed by atoms with Gasteiger partial charge in [0.1, 0.15) is 29.7 Å². The molecule has 5 rings (SSSR count). The fraction of sp³-hybridized carbons (Fsp3) is 0.571. The topological polar surface area (TPSA) is 130 Å². The number of carbonyl (C=O) groups is 1. The van der Waals surface area contributed by atoms with Gasteiger partial charge in [-0.25, -0.2) is 4.79 Å². The lowest BCUT2D eigenvalue weighted by molar-refractivity contribution is -0.255. The van der Waals surface area contributed by atoms with Crippen LogP contribution in [-0.4, -0.2) is 75.8 Å². The molecule has 1 saturated carbocycles. The fourth-order valence-corrected chi connectivity index (χ4v) is 8.27. The highest BCUT2D eigenvalue weighted by molar-refractivity contribution is 6.03. The largest absolute Gasteiger partial charge is 0.508 e. The number of aromatic hydroxyl groups is 1. The molecule has 0 aromatic heterocycles. The molecule has 2 aliphatic carbocycles. The Balaban J connectivity index is 1.73. The van der Waals surface area contributed by atoms with Crippen LogP contribution in [0.5, 0.6) is 11.5 Å². The lowest BCUT2D eigenvalue weighted by atomic mass is 9.55. The number of oxime groups is 1. The second-order valence-corrected chi connectivity index (χ2v) is 15.2. The number of hydrogen-bond acceptors (Lipinski definition) is 9. The van der Waals surface area contributed by atoms with Crippen LogP contribution in [0.4, 0.5) is 4.79 Å². The zero-order chi connectivity index (χ0) is 37.3. The Bertz CT molecular complexity index is 1550. The second kappa shape index (κ2) is 17.8. The van der Waals surface area contributed by atoms with Crippen molar-refractivity contribution in [3.8, 4) is 11.5 Å². The Hall–Kier alpha value is -3.86. The van der Waals surface area contributed by atoms with Gasteiger partial charge in [-0.05, 0) is 94.0 Å². The highest BCUT2D eigenvalue weighted by Gasteiger charge is 2.65. The molecule has 10 nitrogen and oxygen atoms in total. The molecule has 3 aliphatic rings. The third-order valence-corrected chi connectivity index (χ3v) is 10.4. The van der Waals surface area contributed by atoms with Crippen molar-refractivity contribution in [2.24, 2.45) is 22.9 Å². The molecule has 0 unspecified atom stereocenters. The molecule has 10 heteroatoms. The molecule has 1 fully saturated rings. The van der Waals surface area contributed by atoms with Crippen molar-refractivity contribution in [2.45, 2.75) is 109 Å². The van der Waals surface area contributed by atoms with Gasteiger partial charge in [0.25, 0.3) is 0 Å². The summed E-state index contributed by atoms with van der Waals surface area (Å²) in [7, 11) is 0. The first-order chi connectivity index (χ1) is 25.1. The van der Waals surface area contributed by atoms with Crippen LogP contribution in [0.2, 0.25) is 0 Å². The van der Waals surface area contributed by atoms with E-state index in [0.29, 0.717) is 31.6 Å². The third kappa shape index (κ3) is 8.84. The van der Waals surface area contributed by atoms with E-state index < -0.39 is 29.4 Å². The van der Waals surface area contributed by atoms with E-state index >= 15 is 0 Å². The van der Waals surface area contributed by atoms with Crippen LogP contribution in [0.15, 0.2) is 78.0 Å². The number of hydrogen-bond donors (Lipinski definition) is 3. The van der Waals surface area contributed by atoms with E-state index in [1.807, 2.05) is 58.0 Å². The summed E-state index contributed by atoms with van der Waals surface area (Å²) in [5.74, 6) is -1.12. The first-order valence-electron chi connectivity index (χ1n) is 19.0. The number of benzene rings is 2. The Morgan fingerprint density at radius 2 is 1.81 bits per heavy atom. The molecule has 1 amide bonds. The van der Waals surface area contributed by atoms with Crippen LogP contribution in [-0.2, 0) is 20.9 Å². The summed E-state index contributed by atoms with van der Waals surface area (Å²) < 4.78 is 20.1. The molecule has 1 heterocycles. The number of nitrogens with zero attached hydrogens (tertiary/aromatic N) is 2. The summed E-state index contributed by atoms with van der Waals surface area (Å²) in [5.41, 5.74) is 2.85. The summed E-state index contributed by atoms with van der Waals surface area (Å²) in [4.78, 5) is 22.2. The minimum Gasteiger partial charge on any atom is -0.508 e. The lowest BCUT2D eigenvalue weighted by Crippen LogP contribution is -2.70. The van der Waals surface area contributed by atoms with Crippen LogP contribution < -0.4 is 4.74 Å². The SMILES string of the molecule is C=CCO[C@@]12Oc3ccc(O)cc3[C@H]3[C@H](CCCCO)[C@@H](CCCCO)C=C(C(=NOC(C)(C)C)C[C@@H]1N(CCC)C(=O)OCc1ccccc1)[C@H]32. The number of rotatable bonds is 17. The zero-order valence-corrected chi connectivity index (χ0v) is 31.3. The number of carbonyl (C=O) groups excluding carboxylic acids is 1. The monoisotopic (exact) mass is 718 g/mol. The van der Waals surface area contributed by atoms with Crippen molar-refractivity contribution >= 4 is 11.8 Å². The van der Waals surface area contributed by atoms with Crippen LogP contribution in [0.1, 0.15) is 96.1 Å². The Morgan fingerprint density at radius 3 is 2.48 bits per heavy atom. The molecule has 1 aliphatic heterocycles. The predicted molar refractivity (Wildman–Crippen MR) is 201 cm³/mol. The van der Waals surface area contributed by atoms with E-state index in [9.17, 15) is 20.1 Å². The van der Waals surface area contributed by atoms with Crippen molar-refractivity contribution in [3.63, 3.8) is 0 Å². The standard InChI is InChI=1S/C42H58N2O8/c1-6-21-44(40(48)49-28-29-15-9-8-10-16-29)37-27-35(43-52-41(3,4)5)33-25-30(17-11-13-22-45)32(18-12-14-23-46)38-34-26-31(47)19-20-36(34)51-42(37,39(33)38)50-24-7-2/h7-10,15-16,19-20,25-26,30,32,37-39,45-47H,2,6,11-14,17-18,21-24,27-28H2,1,3-5H3/t30-,32+,37-,38+,39+,42+/m0/s1. The van der Waals surface area contributed by atoms with Crippen molar-refractivity contribution in [2.75, 3.05) is 26.4 Å². The molecule has 284 valence electrons. The van der Waals surface area contributed by atoms with Gasteiger partial charge < -0.3 is 34.4 Å². The normalized spacial score (nSPS) is 25.7. The van der Waals surface area contributed by atoms with Gasteiger partial charge in [-0.3, -0.25) is 4.90 Å². The van der Waals surface area contributed by atoms with E-state index in [2.05, 4.69) is 12.7 Å². The molecule has 0 saturated heterocycles. The molecular weight excluding hydrogens is 660 g/mol. The fourth-order valence-electron chi connectivity index (χ4n) is 8.27.